The Morgan fingerprint density at radius 3 is 2.58 bits per heavy atom. The van der Waals surface area contributed by atoms with Crippen molar-refractivity contribution in [2.75, 3.05) is 11.9 Å². The van der Waals surface area contributed by atoms with Gasteiger partial charge in [-0.25, -0.2) is 4.79 Å². The number of aliphatic carboxylic acids is 1. The van der Waals surface area contributed by atoms with Crippen molar-refractivity contribution in [3.05, 3.63) is 34.9 Å². The van der Waals surface area contributed by atoms with Crippen LogP contribution < -0.4 is 4.90 Å². The van der Waals surface area contributed by atoms with Gasteiger partial charge in [0.1, 0.15) is 0 Å². The largest absolute Gasteiger partial charge is 0.478 e. The minimum Gasteiger partial charge on any atom is -0.478 e. The summed E-state index contributed by atoms with van der Waals surface area (Å²) >= 11 is 6.28. The smallest absolute Gasteiger partial charge is 0.328 e. The maximum Gasteiger partial charge on any atom is 0.328 e. The second-order valence-corrected chi connectivity index (χ2v) is 5.51. The number of rotatable bonds is 5. The lowest BCUT2D eigenvalue weighted by atomic mass is 9.99. The van der Waals surface area contributed by atoms with E-state index >= 15 is 0 Å². The number of hydrogen-bond donors (Lipinski definition) is 1. The molecule has 0 aliphatic carbocycles. The van der Waals surface area contributed by atoms with Gasteiger partial charge in [-0.2, -0.15) is 0 Å². The van der Waals surface area contributed by atoms with Crippen LogP contribution in [-0.2, 0) is 4.79 Å². The van der Waals surface area contributed by atoms with Crippen LogP contribution in [0.15, 0.2) is 24.3 Å². The molecule has 0 bridgehead atoms. The van der Waals surface area contributed by atoms with E-state index < -0.39 is 5.97 Å². The van der Waals surface area contributed by atoms with Crippen LogP contribution in [0, 0.1) is 0 Å². The fourth-order valence-electron chi connectivity index (χ4n) is 1.63. The molecule has 0 saturated heterocycles. The molecule has 104 valence electrons. The summed E-state index contributed by atoms with van der Waals surface area (Å²) in [7, 11) is 2.01. The first-order valence-corrected chi connectivity index (χ1v) is 6.60. The van der Waals surface area contributed by atoms with Crippen molar-refractivity contribution in [3.63, 3.8) is 0 Å². The van der Waals surface area contributed by atoms with Crippen LogP contribution in [0.1, 0.15) is 32.8 Å². The number of hydrogen-bond acceptors (Lipinski definition) is 2. The summed E-state index contributed by atoms with van der Waals surface area (Å²) in [4.78, 5) is 12.6. The average molecular weight is 282 g/mol. The molecule has 0 amide bonds. The molecule has 4 heteroatoms. The van der Waals surface area contributed by atoms with E-state index in [0.717, 1.165) is 23.7 Å². The zero-order chi connectivity index (χ0) is 14.6. The van der Waals surface area contributed by atoms with Gasteiger partial charge >= 0.3 is 5.97 Å². The highest BCUT2D eigenvalue weighted by molar-refractivity contribution is 6.33. The monoisotopic (exact) mass is 281 g/mol. The molecule has 19 heavy (non-hydrogen) atoms. The number of carbonyl (C=O) groups is 1. The summed E-state index contributed by atoms with van der Waals surface area (Å²) in [5, 5.41) is 9.22. The summed E-state index contributed by atoms with van der Waals surface area (Å²) in [5.74, 6) is -0.968. The average Bonchev–Trinajstić information content (AvgIpc) is 2.35. The van der Waals surface area contributed by atoms with E-state index in [0.29, 0.717) is 5.02 Å². The zero-order valence-electron chi connectivity index (χ0n) is 11.8. The first-order valence-electron chi connectivity index (χ1n) is 6.22. The molecule has 3 nitrogen and oxygen atoms in total. The Morgan fingerprint density at radius 1 is 1.47 bits per heavy atom. The van der Waals surface area contributed by atoms with Crippen LogP contribution >= 0.6 is 11.6 Å². The molecule has 0 heterocycles. The Morgan fingerprint density at radius 2 is 2.11 bits per heavy atom. The van der Waals surface area contributed by atoms with Gasteiger partial charge in [0, 0.05) is 18.7 Å². The summed E-state index contributed by atoms with van der Waals surface area (Å²) in [6, 6.07) is 5.56. The van der Waals surface area contributed by atoms with Gasteiger partial charge in [-0.3, -0.25) is 0 Å². The quantitative estimate of drug-likeness (QED) is 0.827. The second kappa shape index (κ2) is 6.11. The highest BCUT2D eigenvalue weighted by Gasteiger charge is 2.22. The van der Waals surface area contributed by atoms with E-state index in [1.54, 1.807) is 6.07 Å². The van der Waals surface area contributed by atoms with E-state index in [1.165, 1.54) is 6.08 Å². The normalized spacial score (nSPS) is 11.8. The first-order chi connectivity index (χ1) is 8.77. The highest BCUT2D eigenvalue weighted by atomic mass is 35.5. The van der Waals surface area contributed by atoms with Crippen molar-refractivity contribution in [1.29, 1.82) is 0 Å². The van der Waals surface area contributed by atoms with Crippen molar-refractivity contribution in [1.82, 2.24) is 0 Å². The fraction of sp³-hybridized carbons (Fsp3) is 0.400. The molecule has 0 atom stereocenters. The Balaban J connectivity index is 3.04. The summed E-state index contributed by atoms with van der Waals surface area (Å²) in [5.41, 5.74) is 1.74. The van der Waals surface area contributed by atoms with Crippen molar-refractivity contribution < 1.29 is 9.90 Å². The van der Waals surface area contributed by atoms with Crippen LogP contribution in [-0.4, -0.2) is 23.7 Å². The third kappa shape index (κ3) is 4.00. The maximum absolute atomic E-state index is 10.5. The molecule has 0 spiro atoms. The number of halogens is 1. The molecule has 0 aromatic heterocycles. The molecule has 1 aromatic carbocycles. The second-order valence-electron chi connectivity index (χ2n) is 5.11. The number of benzene rings is 1. The summed E-state index contributed by atoms with van der Waals surface area (Å²) < 4.78 is 0. The van der Waals surface area contributed by atoms with Crippen molar-refractivity contribution >= 4 is 29.3 Å². The van der Waals surface area contributed by atoms with Crippen LogP contribution in [0.25, 0.3) is 6.08 Å². The van der Waals surface area contributed by atoms with Gasteiger partial charge in [0.05, 0.1) is 10.7 Å². The van der Waals surface area contributed by atoms with Crippen LogP contribution in [0.5, 0.6) is 0 Å². The lowest BCUT2D eigenvalue weighted by molar-refractivity contribution is -0.131. The van der Waals surface area contributed by atoms with Crippen molar-refractivity contribution in [2.45, 2.75) is 32.7 Å². The number of carboxylic acids is 1. The lowest BCUT2D eigenvalue weighted by Crippen LogP contribution is -2.40. The standard InChI is InChI=1S/C15H20ClNO2/c1-5-15(2,3)17(4)13-8-6-11(10-12(13)16)7-9-14(18)19/h6-10H,5H2,1-4H3,(H,18,19)/b9-7+. The minimum atomic E-state index is -0.968. The molecule has 1 aromatic rings. The molecule has 1 N–H and O–H groups in total. The molecule has 0 aliphatic heterocycles. The zero-order valence-corrected chi connectivity index (χ0v) is 12.5. The Labute approximate surface area is 119 Å². The van der Waals surface area contributed by atoms with Crippen LogP contribution in [0.3, 0.4) is 0 Å². The topological polar surface area (TPSA) is 40.5 Å². The molecular formula is C15H20ClNO2. The number of carboxylic acid groups (broad SMARTS) is 1. The van der Waals surface area contributed by atoms with Gasteiger partial charge in [-0.1, -0.05) is 24.6 Å². The molecule has 0 unspecified atom stereocenters. The van der Waals surface area contributed by atoms with E-state index in [-0.39, 0.29) is 5.54 Å². The third-order valence-corrected chi connectivity index (χ3v) is 3.83. The van der Waals surface area contributed by atoms with Gasteiger partial charge in [-0.15, -0.1) is 0 Å². The first kappa shape index (κ1) is 15.6. The van der Waals surface area contributed by atoms with Crippen molar-refractivity contribution in [2.24, 2.45) is 0 Å². The Kier molecular flexibility index (Phi) is 5.01. The minimum absolute atomic E-state index is 0.0159. The lowest BCUT2D eigenvalue weighted by Gasteiger charge is -2.37. The predicted octanol–water partition coefficient (Wildman–Crippen LogP) is 4.06. The van der Waals surface area contributed by atoms with Gasteiger partial charge in [0.25, 0.3) is 0 Å². The van der Waals surface area contributed by atoms with E-state index in [2.05, 4.69) is 25.7 Å². The molecule has 0 radical (unpaired) electrons. The van der Waals surface area contributed by atoms with Gasteiger partial charge in [0.2, 0.25) is 0 Å². The van der Waals surface area contributed by atoms with Gasteiger partial charge in [0.15, 0.2) is 0 Å². The molecule has 0 fully saturated rings. The summed E-state index contributed by atoms with van der Waals surface area (Å²) in [6.07, 6.45) is 3.63. The molecule has 0 saturated carbocycles. The van der Waals surface area contributed by atoms with E-state index in [1.807, 2.05) is 19.2 Å². The highest BCUT2D eigenvalue weighted by Crippen LogP contribution is 2.32. The molecule has 1 rings (SSSR count). The van der Waals surface area contributed by atoms with Crippen molar-refractivity contribution in [3.8, 4) is 0 Å². The van der Waals surface area contributed by atoms with Gasteiger partial charge < -0.3 is 10.0 Å². The Bertz CT molecular complexity index is 495. The SMILES string of the molecule is CCC(C)(C)N(C)c1ccc(/C=C/C(=O)O)cc1Cl. The van der Waals surface area contributed by atoms with E-state index in [4.69, 9.17) is 16.7 Å². The van der Waals surface area contributed by atoms with Gasteiger partial charge in [-0.05, 0) is 44.0 Å². The van der Waals surface area contributed by atoms with Crippen LogP contribution in [0.2, 0.25) is 5.02 Å². The fourth-order valence-corrected chi connectivity index (χ4v) is 1.95. The Hall–Kier alpha value is -1.48. The molecular weight excluding hydrogens is 262 g/mol. The summed E-state index contributed by atoms with van der Waals surface area (Å²) in [6.45, 7) is 6.44. The van der Waals surface area contributed by atoms with E-state index in [9.17, 15) is 4.79 Å². The molecule has 0 aliphatic rings. The third-order valence-electron chi connectivity index (χ3n) is 3.52. The predicted molar refractivity (Wildman–Crippen MR) is 80.9 cm³/mol. The number of nitrogens with zero attached hydrogens (tertiary/aromatic N) is 1. The van der Waals surface area contributed by atoms with Crippen LogP contribution in [0.4, 0.5) is 5.69 Å². The number of anilines is 1. The maximum atomic E-state index is 10.5.